The summed E-state index contributed by atoms with van der Waals surface area (Å²) in [6.07, 6.45) is 10.8. The van der Waals surface area contributed by atoms with E-state index in [-0.39, 0.29) is 16.9 Å². The molecule has 1 heterocycles. The van der Waals surface area contributed by atoms with E-state index in [0.717, 1.165) is 24.6 Å². The van der Waals surface area contributed by atoms with Crippen LogP contribution in [0.15, 0.2) is 36.4 Å². The van der Waals surface area contributed by atoms with Gasteiger partial charge < -0.3 is 0 Å². The average Bonchev–Trinajstić information content (AvgIpc) is 2.76. The lowest BCUT2D eigenvalue weighted by Crippen LogP contribution is -2.42. The second-order valence-electron chi connectivity index (χ2n) is 8.13. The molecular weight excluding hydrogens is 414 g/mol. The molecule has 3 rings (SSSR count). The van der Waals surface area contributed by atoms with Crippen molar-refractivity contribution in [1.29, 1.82) is 0 Å². The molecule has 0 saturated carbocycles. The van der Waals surface area contributed by atoms with Gasteiger partial charge in [0, 0.05) is 5.39 Å². The minimum absolute atomic E-state index is 0.216. The molecule has 2 aromatic carbocycles. The molecule has 0 aromatic heterocycles. The quantitative estimate of drug-likeness (QED) is 0.295. The molecule has 2 aromatic rings. The van der Waals surface area contributed by atoms with Crippen molar-refractivity contribution in [1.82, 2.24) is 5.06 Å². The Balaban J connectivity index is 1.49. The monoisotopic (exact) mass is 445 g/mol. The minimum atomic E-state index is -4.04. The Bertz CT molecular complexity index is 981. The molecule has 0 saturated heterocycles. The van der Waals surface area contributed by atoms with Gasteiger partial charge in [-0.3, -0.25) is 9.59 Å². The number of amides is 2. The number of hydroxylamine groups is 2. The van der Waals surface area contributed by atoms with Crippen molar-refractivity contribution in [3.8, 4) is 0 Å². The molecular formula is C24H31NO5S. The molecule has 1 aliphatic rings. The van der Waals surface area contributed by atoms with Crippen molar-refractivity contribution >= 4 is 32.7 Å². The van der Waals surface area contributed by atoms with Crippen LogP contribution in [0.5, 0.6) is 0 Å². The van der Waals surface area contributed by atoms with Gasteiger partial charge in [-0.25, -0.2) is 0 Å². The Morgan fingerprint density at radius 3 is 1.74 bits per heavy atom. The first kappa shape index (κ1) is 23.4. The summed E-state index contributed by atoms with van der Waals surface area (Å²) in [5.74, 6) is -1.71. The number of nitrogens with zero attached hydrogens (tertiary/aromatic N) is 1. The summed E-state index contributed by atoms with van der Waals surface area (Å²) < 4.78 is 29.8. The Morgan fingerprint density at radius 2 is 1.23 bits per heavy atom. The van der Waals surface area contributed by atoms with Crippen LogP contribution in [-0.4, -0.2) is 31.0 Å². The first-order chi connectivity index (χ1) is 14.9. The number of benzene rings is 2. The smallest absolute Gasteiger partial charge is 0.266 e. The van der Waals surface area contributed by atoms with Crippen LogP contribution in [0.4, 0.5) is 0 Å². The van der Waals surface area contributed by atoms with E-state index in [1.807, 2.05) is 0 Å². The van der Waals surface area contributed by atoms with Gasteiger partial charge in [-0.05, 0) is 23.9 Å². The molecule has 31 heavy (non-hydrogen) atoms. The predicted molar refractivity (Wildman–Crippen MR) is 121 cm³/mol. The van der Waals surface area contributed by atoms with Crippen molar-refractivity contribution in [2.24, 2.45) is 0 Å². The third kappa shape index (κ3) is 5.92. The highest BCUT2D eigenvalue weighted by atomic mass is 32.2. The van der Waals surface area contributed by atoms with E-state index in [0.29, 0.717) is 16.9 Å². The first-order valence-electron chi connectivity index (χ1n) is 11.3. The fourth-order valence-corrected chi connectivity index (χ4v) is 4.99. The molecule has 6 nitrogen and oxygen atoms in total. The van der Waals surface area contributed by atoms with E-state index in [2.05, 4.69) is 6.92 Å². The molecule has 168 valence electrons. The van der Waals surface area contributed by atoms with Crippen LogP contribution in [0.2, 0.25) is 0 Å². The zero-order valence-corrected chi connectivity index (χ0v) is 19.0. The number of carbonyl (C=O) groups excluding carboxylic acids is 2. The van der Waals surface area contributed by atoms with Crippen LogP contribution in [0, 0.1) is 0 Å². The normalized spacial score (nSPS) is 13.9. The van der Waals surface area contributed by atoms with Crippen molar-refractivity contribution in [2.45, 2.75) is 71.1 Å². The van der Waals surface area contributed by atoms with Gasteiger partial charge in [0.15, 0.2) is 0 Å². The number of hydrogen-bond acceptors (Lipinski definition) is 5. The highest BCUT2D eigenvalue weighted by Crippen LogP contribution is 2.30. The number of imide groups is 1. The summed E-state index contributed by atoms with van der Waals surface area (Å²) in [6, 6.07) is 10.2. The SMILES string of the molecule is CCCCCCCCCCCCS(=O)(=O)ON1C(=O)c2cccc3cccc(c23)C1=O. The summed E-state index contributed by atoms with van der Waals surface area (Å²) in [5, 5.41) is 1.68. The van der Waals surface area contributed by atoms with Gasteiger partial charge in [-0.2, -0.15) is 8.42 Å². The molecule has 0 N–H and O–H groups in total. The zero-order chi connectivity index (χ0) is 22.3. The Kier molecular flexibility index (Phi) is 8.21. The van der Waals surface area contributed by atoms with Gasteiger partial charge >= 0.3 is 0 Å². The third-order valence-corrected chi connectivity index (χ3v) is 6.84. The molecule has 0 unspecified atom stereocenters. The maximum absolute atomic E-state index is 12.7. The van der Waals surface area contributed by atoms with E-state index in [1.54, 1.807) is 36.4 Å². The molecule has 0 bridgehead atoms. The summed E-state index contributed by atoms with van der Waals surface area (Å²) in [6.45, 7) is 2.20. The summed E-state index contributed by atoms with van der Waals surface area (Å²) >= 11 is 0. The van der Waals surface area contributed by atoms with Crippen molar-refractivity contribution in [2.75, 3.05) is 5.75 Å². The molecule has 0 atom stereocenters. The van der Waals surface area contributed by atoms with Crippen LogP contribution in [-0.2, 0) is 14.4 Å². The van der Waals surface area contributed by atoms with Crippen molar-refractivity contribution < 1.29 is 22.3 Å². The van der Waals surface area contributed by atoms with E-state index < -0.39 is 21.9 Å². The summed E-state index contributed by atoms with van der Waals surface area (Å²) in [5.41, 5.74) is 0.531. The second kappa shape index (κ2) is 10.9. The lowest BCUT2D eigenvalue weighted by atomic mass is 9.95. The van der Waals surface area contributed by atoms with Gasteiger partial charge in [-0.1, -0.05) is 89.0 Å². The second-order valence-corrected chi connectivity index (χ2v) is 9.80. The Labute approximate surface area is 184 Å². The standard InChI is InChI=1S/C24H31NO5S/c1-2-3-4-5-6-7-8-9-10-11-18-31(28,29)30-25-23(26)20-16-12-14-19-15-13-17-21(22(19)20)24(25)27/h12-17H,2-11,18H2,1H3. The van der Waals surface area contributed by atoms with E-state index >= 15 is 0 Å². The van der Waals surface area contributed by atoms with E-state index in [4.69, 9.17) is 4.28 Å². The molecule has 1 aliphatic heterocycles. The summed E-state index contributed by atoms with van der Waals surface area (Å²) in [7, 11) is -4.04. The van der Waals surface area contributed by atoms with Gasteiger partial charge in [-0.15, -0.1) is 9.35 Å². The van der Waals surface area contributed by atoms with Crippen molar-refractivity contribution in [3.05, 3.63) is 47.5 Å². The molecule has 0 fully saturated rings. The molecule has 0 radical (unpaired) electrons. The maximum atomic E-state index is 12.7. The van der Waals surface area contributed by atoms with Gasteiger partial charge in [0.05, 0.1) is 16.9 Å². The highest BCUT2D eigenvalue weighted by molar-refractivity contribution is 7.86. The molecule has 0 aliphatic carbocycles. The highest BCUT2D eigenvalue weighted by Gasteiger charge is 2.36. The largest absolute Gasteiger partial charge is 0.288 e. The van der Waals surface area contributed by atoms with Crippen LogP contribution in [0.3, 0.4) is 0 Å². The molecule has 0 spiro atoms. The van der Waals surface area contributed by atoms with E-state index in [9.17, 15) is 18.0 Å². The minimum Gasteiger partial charge on any atom is -0.266 e. The van der Waals surface area contributed by atoms with Gasteiger partial charge in [0.1, 0.15) is 0 Å². The van der Waals surface area contributed by atoms with Crippen LogP contribution in [0.25, 0.3) is 10.8 Å². The fourth-order valence-electron chi connectivity index (χ4n) is 3.99. The Morgan fingerprint density at radius 1 is 0.742 bits per heavy atom. The Hall–Kier alpha value is -2.25. The topological polar surface area (TPSA) is 80.8 Å². The predicted octanol–water partition coefficient (Wildman–Crippen LogP) is 5.62. The summed E-state index contributed by atoms with van der Waals surface area (Å²) in [4.78, 5) is 25.5. The number of rotatable bonds is 13. The lowest BCUT2D eigenvalue weighted by Gasteiger charge is -2.25. The molecule has 2 amide bonds. The van der Waals surface area contributed by atoms with Crippen LogP contribution < -0.4 is 0 Å². The first-order valence-corrected chi connectivity index (χ1v) is 12.8. The van der Waals surface area contributed by atoms with Crippen LogP contribution >= 0.6 is 0 Å². The van der Waals surface area contributed by atoms with Crippen LogP contribution in [0.1, 0.15) is 91.8 Å². The average molecular weight is 446 g/mol. The van der Waals surface area contributed by atoms with Gasteiger partial charge in [0.25, 0.3) is 21.9 Å². The third-order valence-electron chi connectivity index (χ3n) is 5.67. The maximum Gasteiger partial charge on any atom is 0.288 e. The van der Waals surface area contributed by atoms with Crippen molar-refractivity contribution in [3.63, 3.8) is 0 Å². The fraction of sp³-hybridized carbons (Fsp3) is 0.500. The van der Waals surface area contributed by atoms with E-state index in [1.165, 1.54) is 38.5 Å². The number of hydrogen-bond donors (Lipinski definition) is 0. The molecule has 7 heteroatoms. The zero-order valence-electron chi connectivity index (χ0n) is 18.1. The lowest BCUT2D eigenvalue weighted by molar-refractivity contribution is -0.0155. The number of unbranched alkanes of at least 4 members (excludes halogenated alkanes) is 9. The van der Waals surface area contributed by atoms with Gasteiger partial charge in [0.2, 0.25) is 0 Å². The number of carbonyl (C=O) groups is 2.